The maximum atomic E-state index is 12.9. The van der Waals surface area contributed by atoms with Gasteiger partial charge in [-0.25, -0.2) is 0 Å². The standard InChI is InChI=1S/C20H24N4O4/c25-16(23-9-7-22-11-13(23)12-2-1-6-21-10-12)5-8-24-19(26)17-14-3-4-15(28-14)18(17)20(24)27/h1-2,6,10,13-15,17-18,22H,3-5,7-9,11H2. The zero-order valence-electron chi connectivity index (χ0n) is 15.6. The van der Waals surface area contributed by atoms with Gasteiger partial charge in [-0.1, -0.05) is 6.07 Å². The van der Waals surface area contributed by atoms with Crippen LogP contribution in [0.4, 0.5) is 0 Å². The molecule has 3 amide bonds. The second kappa shape index (κ2) is 6.93. The minimum atomic E-state index is -0.330. The third kappa shape index (κ3) is 2.74. The summed E-state index contributed by atoms with van der Waals surface area (Å²) in [6, 6.07) is 3.75. The van der Waals surface area contributed by atoms with Crippen LogP contribution in [0.1, 0.15) is 30.9 Å². The lowest BCUT2D eigenvalue weighted by molar-refractivity contribution is -0.143. The Morgan fingerprint density at radius 1 is 1.21 bits per heavy atom. The molecule has 1 aromatic rings. The summed E-state index contributed by atoms with van der Waals surface area (Å²) in [7, 11) is 0. The molecular weight excluding hydrogens is 360 g/mol. The Morgan fingerprint density at radius 3 is 2.64 bits per heavy atom. The Kier molecular flexibility index (Phi) is 4.40. The van der Waals surface area contributed by atoms with Gasteiger partial charge >= 0.3 is 0 Å². The molecule has 0 saturated carbocycles. The second-order valence-corrected chi connectivity index (χ2v) is 8.01. The quantitative estimate of drug-likeness (QED) is 0.741. The number of hydrogen-bond acceptors (Lipinski definition) is 6. The van der Waals surface area contributed by atoms with Crippen LogP contribution in [-0.2, 0) is 19.1 Å². The van der Waals surface area contributed by atoms with Gasteiger partial charge in [-0.05, 0) is 24.5 Å². The van der Waals surface area contributed by atoms with E-state index in [4.69, 9.17) is 4.74 Å². The maximum Gasteiger partial charge on any atom is 0.235 e. The Hall–Kier alpha value is -2.32. The average molecular weight is 384 g/mol. The van der Waals surface area contributed by atoms with Gasteiger partial charge in [-0.3, -0.25) is 24.3 Å². The Labute approximate surface area is 163 Å². The number of fused-ring (bicyclic) bond motifs is 5. The van der Waals surface area contributed by atoms with E-state index in [0.29, 0.717) is 13.1 Å². The van der Waals surface area contributed by atoms with E-state index < -0.39 is 0 Å². The summed E-state index contributed by atoms with van der Waals surface area (Å²) in [6.45, 7) is 2.16. The molecule has 148 valence electrons. The highest BCUT2D eigenvalue weighted by molar-refractivity contribution is 6.06. The van der Waals surface area contributed by atoms with Crippen molar-refractivity contribution in [2.75, 3.05) is 26.2 Å². The molecule has 8 nitrogen and oxygen atoms in total. The molecule has 5 atom stereocenters. The minimum Gasteiger partial charge on any atom is -0.373 e. The Balaban J connectivity index is 1.26. The number of likely N-dealkylation sites (tertiary alicyclic amines) is 1. The van der Waals surface area contributed by atoms with E-state index in [1.54, 1.807) is 12.4 Å². The summed E-state index contributed by atoms with van der Waals surface area (Å²) in [5.74, 6) is -1.00. The normalized spacial score (nSPS) is 34.2. The van der Waals surface area contributed by atoms with E-state index in [0.717, 1.165) is 24.9 Å². The van der Waals surface area contributed by atoms with Gasteiger partial charge in [0.2, 0.25) is 17.7 Å². The van der Waals surface area contributed by atoms with Crippen molar-refractivity contribution in [3.63, 3.8) is 0 Å². The van der Waals surface area contributed by atoms with Crippen molar-refractivity contribution >= 4 is 17.7 Å². The highest BCUT2D eigenvalue weighted by atomic mass is 16.5. The van der Waals surface area contributed by atoms with E-state index in [1.165, 1.54) is 4.90 Å². The maximum absolute atomic E-state index is 12.9. The van der Waals surface area contributed by atoms with Gasteiger partial charge in [0.05, 0.1) is 30.1 Å². The molecule has 0 aliphatic carbocycles. The summed E-state index contributed by atoms with van der Waals surface area (Å²) in [6.07, 6.45) is 5.12. The van der Waals surface area contributed by atoms with Gasteiger partial charge in [-0.2, -0.15) is 0 Å². The van der Waals surface area contributed by atoms with Crippen LogP contribution in [0.25, 0.3) is 0 Å². The van der Waals surface area contributed by atoms with Crippen molar-refractivity contribution in [1.82, 2.24) is 20.1 Å². The lowest BCUT2D eigenvalue weighted by Gasteiger charge is -2.36. The summed E-state index contributed by atoms with van der Waals surface area (Å²) in [4.78, 5) is 45.7. The van der Waals surface area contributed by atoms with Gasteiger partial charge in [0.1, 0.15) is 0 Å². The third-order valence-corrected chi connectivity index (χ3v) is 6.56. The van der Waals surface area contributed by atoms with Gasteiger partial charge < -0.3 is 15.0 Å². The van der Waals surface area contributed by atoms with Crippen molar-refractivity contribution in [2.24, 2.45) is 11.8 Å². The number of aromatic nitrogens is 1. The van der Waals surface area contributed by atoms with E-state index in [2.05, 4.69) is 10.3 Å². The van der Waals surface area contributed by atoms with Crippen LogP contribution in [0, 0.1) is 11.8 Å². The lowest BCUT2D eigenvalue weighted by atomic mass is 9.81. The summed E-state index contributed by atoms with van der Waals surface area (Å²) < 4.78 is 5.76. The highest BCUT2D eigenvalue weighted by Gasteiger charge is 2.62. The minimum absolute atomic E-state index is 0.0350. The molecule has 4 fully saturated rings. The number of hydrogen-bond donors (Lipinski definition) is 1. The van der Waals surface area contributed by atoms with Gasteiger partial charge in [0.25, 0.3) is 0 Å². The smallest absolute Gasteiger partial charge is 0.235 e. The molecule has 8 heteroatoms. The van der Waals surface area contributed by atoms with Crippen molar-refractivity contribution in [2.45, 2.75) is 37.5 Å². The molecule has 1 aromatic heterocycles. The fraction of sp³-hybridized carbons (Fsp3) is 0.600. The molecule has 0 spiro atoms. The largest absolute Gasteiger partial charge is 0.373 e. The molecular formula is C20H24N4O4. The fourth-order valence-electron chi connectivity index (χ4n) is 5.22. The number of carbonyl (C=O) groups is 3. The predicted octanol–water partition coefficient (Wildman–Crippen LogP) is 0.107. The zero-order valence-corrected chi connectivity index (χ0v) is 15.6. The van der Waals surface area contributed by atoms with Crippen molar-refractivity contribution in [3.05, 3.63) is 30.1 Å². The summed E-state index contributed by atoms with van der Waals surface area (Å²) in [5.41, 5.74) is 0.986. The van der Waals surface area contributed by atoms with E-state index in [9.17, 15) is 14.4 Å². The van der Waals surface area contributed by atoms with E-state index in [-0.39, 0.29) is 60.8 Å². The number of pyridine rings is 1. The van der Waals surface area contributed by atoms with Crippen LogP contribution in [0.5, 0.6) is 0 Å². The molecule has 4 aliphatic rings. The van der Waals surface area contributed by atoms with E-state index >= 15 is 0 Å². The van der Waals surface area contributed by atoms with Crippen LogP contribution < -0.4 is 5.32 Å². The number of amides is 3. The topological polar surface area (TPSA) is 91.8 Å². The Bertz CT molecular complexity index is 773. The monoisotopic (exact) mass is 384 g/mol. The molecule has 0 radical (unpaired) electrons. The van der Waals surface area contributed by atoms with Gasteiger partial charge in [-0.15, -0.1) is 0 Å². The first-order valence-corrected chi connectivity index (χ1v) is 10.1. The third-order valence-electron chi connectivity index (χ3n) is 6.56. The number of nitrogens with one attached hydrogen (secondary N) is 1. The van der Waals surface area contributed by atoms with Crippen LogP contribution in [-0.4, -0.2) is 70.9 Å². The predicted molar refractivity (Wildman–Crippen MR) is 97.8 cm³/mol. The van der Waals surface area contributed by atoms with Crippen molar-refractivity contribution in [1.29, 1.82) is 0 Å². The molecule has 5 heterocycles. The lowest BCUT2D eigenvalue weighted by Crippen LogP contribution is -2.49. The van der Waals surface area contributed by atoms with Crippen molar-refractivity contribution in [3.8, 4) is 0 Å². The number of piperazine rings is 1. The zero-order chi connectivity index (χ0) is 19.3. The summed E-state index contributed by atoms with van der Waals surface area (Å²) >= 11 is 0. The van der Waals surface area contributed by atoms with Crippen LogP contribution in [0.3, 0.4) is 0 Å². The van der Waals surface area contributed by atoms with Crippen molar-refractivity contribution < 1.29 is 19.1 Å². The van der Waals surface area contributed by atoms with Crippen LogP contribution >= 0.6 is 0 Å². The highest BCUT2D eigenvalue weighted by Crippen LogP contribution is 2.48. The molecule has 5 rings (SSSR count). The first-order valence-electron chi connectivity index (χ1n) is 10.1. The molecule has 4 aliphatic heterocycles. The molecule has 1 N–H and O–H groups in total. The number of rotatable bonds is 4. The van der Waals surface area contributed by atoms with Gasteiger partial charge in [0.15, 0.2) is 0 Å². The SMILES string of the molecule is O=C1C2C3CCC(O3)C2C(=O)N1CCC(=O)N1CCNCC1c1cccnc1. The molecule has 2 bridgehead atoms. The molecule has 28 heavy (non-hydrogen) atoms. The van der Waals surface area contributed by atoms with Gasteiger partial charge in [0, 0.05) is 45.0 Å². The average Bonchev–Trinajstić information content (AvgIpc) is 3.41. The Morgan fingerprint density at radius 2 is 1.96 bits per heavy atom. The second-order valence-electron chi connectivity index (χ2n) is 8.01. The molecule has 4 saturated heterocycles. The number of imide groups is 1. The first kappa shape index (κ1) is 17.8. The molecule has 5 unspecified atom stereocenters. The fourth-order valence-corrected chi connectivity index (χ4v) is 5.22. The number of ether oxygens (including phenoxy) is 1. The molecule has 0 aromatic carbocycles. The van der Waals surface area contributed by atoms with Crippen LogP contribution in [0.2, 0.25) is 0 Å². The first-order chi connectivity index (χ1) is 13.6. The summed E-state index contributed by atoms with van der Waals surface area (Å²) in [5, 5.41) is 3.32. The van der Waals surface area contributed by atoms with E-state index in [1.807, 2.05) is 17.0 Å². The number of carbonyl (C=O) groups excluding carboxylic acids is 3. The van der Waals surface area contributed by atoms with Crippen LogP contribution in [0.15, 0.2) is 24.5 Å². The number of nitrogens with zero attached hydrogens (tertiary/aromatic N) is 3.